The van der Waals surface area contributed by atoms with E-state index in [1.165, 1.54) is 4.90 Å². The monoisotopic (exact) mass is 624 g/mol. The van der Waals surface area contributed by atoms with Crippen LogP contribution in [0.15, 0.2) is 36.4 Å². The number of rotatable bonds is 9. The van der Waals surface area contributed by atoms with Crippen molar-refractivity contribution in [1.29, 1.82) is 0 Å². The first-order chi connectivity index (χ1) is 21.4. The fourth-order valence-electron chi connectivity index (χ4n) is 5.28. The van der Waals surface area contributed by atoms with Crippen molar-refractivity contribution in [3.05, 3.63) is 42.1 Å². The molecule has 13 nitrogen and oxygen atoms in total. The summed E-state index contributed by atoms with van der Waals surface area (Å²) < 4.78 is 10.5. The SMILES string of the molecule is CCOC(=O)N1CCN(C(=O)C(CCC(=O)OC(C)(C)C)NC(=O)c2cc(N3CCC[C@H](O)C3)nc(-c3ccccc3)n2)CC1. The van der Waals surface area contributed by atoms with Crippen molar-refractivity contribution in [1.82, 2.24) is 25.1 Å². The quantitative estimate of drug-likeness (QED) is 0.398. The molecule has 1 aromatic carbocycles. The topological polar surface area (TPSA) is 154 Å². The van der Waals surface area contributed by atoms with Gasteiger partial charge in [0.2, 0.25) is 5.91 Å². The smallest absolute Gasteiger partial charge is 0.409 e. The van der Waals surface area contributed by atoms with Gasteiger partial charge in [0, 0.05) is 57.3 Å². The highest BCUT2D eigenvalue weighted by atomic mass is 16.6. The first-order valence-electron chi connectivity index (χ1n) is 15.5. The van der Waals surface area contributed by atoms with Gasteiger partial charge in [-0.15, -0.1) is 0 Å². The number of hydrogen-bond donors (Lipinski definition) is 2. The van der Waals surface area contributed by atoms with Crippen LogP contribution in [0.4, 0.5) is 10.6 Å². The van der Waals surface area contributed by atoms with Crippen molar-refractivity contribution in [3.63, 3.8) is 0 Å². The Balaban J connectivity index is 1.57. The lowest BCUT2D eigenvalue weighted by molar-refractivity contribution is -0.155. The van der Waals surface area contributed by atoms with E-state index in [1.807, 2.05) is 35.2 Å². The predicted octanol–water partition coefficient (Wildman–Crippen LogP) is 2.63. The van der Waals surface area contributed by atoms with E-state index in [9.17, 15) is 24.3 Å². The van der Waals surface area contributed by atoms with Crippen molar-refractivity contribution >= 4 is 29.7 Å². The lowest BCUT2D eigenvalue weighted by atomic mass is 10.1. The van der Waals surface area contributed by atoms with Crippen LogP contribution < -0.4 is 10.2 Å². The van der Waals surface area contributed by atoms with Crippen molar-refractivity contribution in [2.24, 2.45) is 0 Å². The van der Waals surface area contributed by atoms with Gasteiger partial charge in [-0.3, -0.25) is 14.4 Å². The Bertz CT molecular complexity index is 1340. The second kappa shape index (κ2) is 15.2. The Hall–Kier alpha value is -4.26. The maximum absolute atomic E-state index is 13.8. The normalized spacial score (nSPS) is 17.8. The molecule has 45 heavy (non-hydrogen) atoms. The van der Waals surface area contributed by atoms with Crippen LogP contribution in [0.3, 0.4) is 0 Å². The zero-order valence-corrected chi connectivity index (χ0v) is 26.5. The summed E-state index contributed by atoms with van der Waals surface area (Å²) in [6.45, 7) is 9.39. The van der Waals surface area contributed by atoms with Gasteiger partial charge in [0.15, 0.2) is 5.82 Å². The number of carbonyl (C=O) groups excluding carboxylic acids is 4. The Morgan fingerprint density at radius 2 is 1.71 bits per heavy atom. The van der Waals surface area contributed by atoms with Crippen LogP contribution in [0.25, 0.3) is 11.4 Å². The van der Waals surface area contributed by atoms with E-state index >= 15 is 0 Å². The minimum absolute atomic E-state index is 0.0133. The number of β-amino-alcohol motifs (C(OH)–C–C–N with tert-alkyl or cyclic N) is 1. The number of aliphatic hydroxyl groups is 1. The lowest BCUT2D eigenvalue weighted by Crippen LogP contribution is -2.56. The molecular formula is C32H44N6O7. The molecule has 0 aliphatic carbocycles. The molecule has 2 aliphatic heterocycles. The molecular weight excluding hydrogens is 580 g/mol. The number of nitrogens with one attached hydrogen (secondary N) is 1. The van der Waals surface area contributed by atoms with E-state index in [-0.39, 0.29) is 57.2 Å². The lowest BCUT2D eigenvalue weighted by Gasteiger charge is -2.36. The number of aliphatic hydroxyl groups excluding tert-OH is 1. The minimum atomic E-state index is -1.05. The zero-order valence-electron chi connectivity index (χ0n) is 26.5. The van der Waals surface area contributed by atoms with Crippen molar-refractivity contribution in [2.45, 2.75) is 71.1 Å². The number of anilines is 1. The van der Waals surface area contributed by atoms with E-state index in [1.54, 1.807) is 38.7 Å². The molecule has 0 bridgehead atoms. The van der Waals surface area contributed by atoms with Crippen LogP contribution in [0.2, 0.25) is 0 Å². The molecule has 0 spiro atoms. The molecule has 1 aromatic heterocycles. The molecule has 13 heteroatoms. The maximum Gasteiger partial charge on any atom is 0.409 e. The highest BCUT2D eigenvalue weighted by molar-refractivity contribution is 5.97. The number of piperidine rings is 1. The second-order valence-corrected chi connectivity index (χ2v) is 12.2. The van der Waals surface area contributed by atoms with Gasteiger partial charge in [-0.05, 0) is 47.0 Å². The van der Waals surface area contributed by atoms with Gasteiger partial charge in [0.05, 0.1) is 12.7 Å². The van der Waals surface area contributed by atoms with Gasteiger partial charge in [-0.1, -0.05) is 30.3 Å². The van der Waals surface area contributed by atoms with E-state index < -0.39 is 35.7 Å². The zero-order chi connectivity index (χ0) is 32.6. The Labute approximate surface area is 263 Å². The molecule has 0 saturated carbocycles. The number of nitrogens with zero attached hydrogens (tertiary/aromatic N) is 5. The number of esters is 1. The molecule has 4 rings (SSSR count). The van der Waals surface area contributed by atoms with E-state index in [2.05, 4.69) is 10.3 Å². The van der Waals surface area contributed by atoms with Crippen LogP contribution >= 0.6 is 0 Å². The first-order valence-corrected chi connectivity index (χ1v) is 15.5. The van der Waals surface area contributed by atoms with Gasteiger partial charge in [0.1, 0.15) is 23.2 Å². The van der Waals surface area contributed by atoms with Crippen LogP contribution in [0, 0.1) is 0 Å². The predicted molar refractivity (Wildman–Crippen MR) is 166 cm³/mol. The Morgan fingerprint density at radius 3 is 2.36 bits per heavy atom. The third-order valence-electron chi connectivity index (χ3n) is 7.48. The fraction of sp³-hybridized carbons (Fsp3) is 0.562. The molecule has 2 fully saturated rings. The van der Waals surface area contributed by atoms with Crippen molar-refractivity contribution in [2.75, 3.05) is 50.8 Å². The van der Waals surface area contributed by atoms with Crippen molar-refractivity contribution in [3.8, 4) is 11.4 Å². The number of aromatic nitrogens is 2. The fourth-order valence-corrected chi connectivity index (χ4v) is 5.28. The summed E-state index contributed by atoms with van der Waals surface area (Å²) in [4.78, 5) is 66.6. The van der Waals surface area contributed by atoms with Gasteiger partial charge in [0.25, 0.3) is 5.91 Å². The molecule has 0 radical (unpaired) electrons. The summed E-state index contributed by atoms with van der Waals surface area (Å²) in [5, 5.41) is 13.1. The van der Waals surface area contributed by atoms with Gasteiger partial charge in [-0.2, -0.15) is 0 Å². The molecule has 3 amide bonds. The van der Waals surface area contributed by atoms with E-state index in [0.29, 0.717) is 36.7 Å². The molecule has 2 N–H and O–H groups in total. The number of benzene rings is 1. The average Bonchev–Trinajstić information content (AvgIpc) is 3.02. The number of piperazine rings is 1. The minimum Gasteiger partial charge on any atom is -0.460 e. The molecule has 1 unspecified atom stereocenters. The van der Waals surface area contributed by atoms with Gasteiger partial charge >= 0.3 is 12.1 Å². The Kier molecular flexibility index (Phi) is 11.3. The summed E-state index contributed by atoms with van der Waals surface area (Å²) >= 11 is 0. The van der Waals surface area contributed by atoms with Crippen LogP contribution in [-0.4, -0.2) is 112 Å². The van der Waals surface area contributed by atoms with Crippen LogP contribution in [0.1, 0.15) is 63.9 Å². The molecule has 2 atom stereocenters. The second-order valence-electron chi connectivity index (χ2n) is 12.2. The highest BCUT2D eigenvalue weighted by Gasteiger charge is 2.32. The van der Waals surface area contributed by atoms with Gasteiger partial charge < -0.3 is 34.6 Å². The summed E-state index contributed by atoms with van der Waals surface area (Å²) in [6.07, 6.45) is 0.444. The van der Waals surface area contributed by atoms with E-state index in [0.717, 1.165) is 6.42 Å². The maximum atomic E-state index is 13.8. The average molecular weight is 625 g/mol. The molecule has 244 valence electrons. The summed E-state index contributed by atoms with van der Waals surface area (Å²) in [5.41, 5.74) is 0.0698. The van der Waals surface area contributed by atoms with Crippen LogP contribution in [0.5, 0.6) is 0 Å². The molecule has 3 heterocycles. The third kappa shape index (κ3) is 9.61. The molecule has 2 aromatic rings. The van der Waals surface area contributed by atoms with Crippen molar-refractivity contribution < 1.29 is 33.8 Å². The molecule has 2 aliphatic rings. The number of ether oxygens (including phenoxy) is 2. The van der Waals surface area contributed by atoms with Gasteiger partial charge in [-0.25, -0.2) is 14.8 Å². The summed E-state index contributed by atoms with van der Waals surface area (Å²) in [7, 11) is 0. The number of carbonyl (C=O) groups is 4. The summed E-state index contributed by atoms with van der Waals surface area (Å²) in [5.74, 6) is -0.612. The highest BCUT2D eigenvalue weighted by Crippen LogP contribution is 2.24. The molecule has 2 saturated heterocycles. The third-order valence-corrected chi connectivity index (χ3v) is 7.48. The van der Waals surface area contributed by atoms with Crippen LogP contribution in [-0.2, 0) is 19.1 Å². The van der Waals surface area contributed by atoms with E-state index in [4.69, 9.17) is 14.5 Å². The largest absolute Gasteiger partial charge is 0.460 e. The number of amides is 3. The number of hydrogen-bond acceptors (Lipinski definition) is 10. The summed E-state index contributed by atoms with van der Waals surface area (Å²) in [6, 6.07) is 9.77. The standard InChI is InChI=1S/C32H44N6O7/c1-5-44-31(43)37-18-16-36(17-19-37)30(42)24(13-14-27(40)45-32(2,3)4)34-29(41)25-20-26(38-15-9-12-23(39)21-38)35-28(33-25)22-10-7-6-8-11-22/h6-8,10-11,20,23-24,39H,5,9,12-19,21H2,1-4H3,(H,34,41)/t23-,24?/m0/s1. The first kappa shape index (κ1) is 33.6. The Morgan fingerprint density at radius 1 is 1.02 bits per heavy atom.